The second-order valence-electron chi connectivity index (χ2n) is 5.92. The maximum Gasteiger partial charge on any atom is 0.416 e. The van der Waals surface area contributed by atoms with Gasteiger partial charge in [0.15, 0.2) is 22.7 Å². The van der Waals surface area contributed by atoms with Crippen molar-refractivity contribution in [3.63, 3.8) is 0 Å². The van der Waals surface area contributed by atoms with Gasteiger partial charge < -0.3 is 19.5 Å². The first kappa shape index (κ1) is 20.5. The lowest BCUT2D eigenvalue weighted by atomic mass is 10.2. The molecule has 1 unspecified atom stereocenters. The molecular weight excluding hydrogens is 411 g/mol. The number of hydrogen-bond donors (Lipinski definition) is 3. The Morgan fingerprint density at radius 1 is 1.14 bits per heavy atom. The number of nitrogens with one attached hydrogen (secondary N) is 3. The molecule has 0 bridgehead atoms. The number of rotatable bonds is 4. The van der Waals surface area contributed by atoms with Crippen LogP contribution in [0.5, 0.6) is 17.2 Å². The van der Waals surface area contributed by atoms with Crippen molar-refractivity contribution in [2.24, 2.45) is 0 Å². The number of amides is 1. The molecule has 3 rings (SSSR count). The summed E-state index contributed by atoms with van der Waals surface area (Å²) >= 11 is 5.08. The number of anilines is 1. The monoisotopic (exact) mass is 427 g/mol. The molecule has 154 valence electrons. The van der Waals surface area contributed by atoms with Gasteiger partial charge in [-0.05, 0) is 49.5 Å². The standard InChI is InChI=1S/C18H16F3N3O4S/c1-10(28-13-4-2-3-11(7-13)18(19,20)21)16(25)23-24-17(29)22-12-5-6-14-15(8-12)27-9-26-14/h2-8,10H,9H2,1H3,(H,23,25)(H2,22,24,29). The number of alkyl halides is 3. The summed E-state index contributed by atoms with van der Waals surface area (Å²) in [6, 6.07) is 9.36. The van der Waals surface area contributed by atoms with Gasteiger partial charge in [-0.2, -0.15) is 13.2 Å². The Morgan fingerprint density at radius 3 is 2.66 bits per heavy atom. The van der Waals surface area contributed by atoms with Crippen molar-refractivity contribution in [3.8, 4) is 17.2 Å². The van der Waals surface area contributed by atoms with Gasteiger partial charge >= 0.3 is 6.18 Å². The lowest BCUT2D eigenvalue weighted by Gasteiger charge is -2.17. The van der Waals surface area contributed by atoms with E-state index in [9.17, 15) is 18.0 Å². The zero-order valence-electron chi connectivity index (χ0n) is 15.0. The van der Waals surface area contributed by atoms with E-state index in [2.05, 4.69) is 16.2 Å². The van der Waals surface area contributed by atoms with Crippen LogP contribution in [0.15, 0.2) is 42.5 Å². The van der Waals surface area contributed by atoms with E-state index in [4.69, 9.17) is 26.4 Å². The summed E-state index contributed by atoms with van der Waals surface area (Å²) in [5.41, 5.74) is 4.55. The second kappa shape index (κ2) is 8.43. The third-order valence-corrected chi connectivity index (χ3v) is 3.98. The molecule has 0 aliphatic carbocycles. The van der Waals surface area contributed by atoms with E-state index in [0.717, 1.165) is 12.1 Å². The van der Waals surface area contributed by atoms with E-state index in [1.165, 1.54) is 19.1 Å². The molecule has 7 nitrogen and oxygen atoms in total. The molecule has 0 aromatic heterocycles. The zero-order valence-corrected chi connectivity index (χ0v) is 15.8. The minimum atomic E-state index is -4.50. The Morgan fingerprint density at radius 2 is 1.90 bits per heavy atom. The van der Waals surface area contributed by atoms with Crippen molar-refractivity contribution in [2.75, 3.05) is 12.1 Å². The SMILES string of the molecule is CC(Oc1cccc(C(F)(F)F)c1)C(=O)NNC(=S)Nc1ccc2c(c1)OCO2. The van der Waals surface area contributed by atoms with Crippen LogP contribution in [0.1, 0.15) is 12.5 Å². The largest absolute Gasteiger partial charge is 0.481 e. The van der Waals surface area contributed by atoms with Gasteiger partial charge in [0.2, 0.25) is 6.79 Å². The fourth-order valence-corrected chi connectivity index (χ4v) is 2.53. The van der Waals surface area contributed by atoms with Crippen LogP contribution in [0, 0.1) is 0 Å². The maximum absolute atomic E-state index is 12.7. The highest BCUT2D eigenvalue weighted by atomic mass is 32.1. The molecule has 2 aromatic rings. The number of carbonyl (C=O) groups excluding carboxylic acids is 1. The summed E-state index contributed by atoms with van der Waals surface area (Å²) in [5.74, 6) is 0.467. The topological polar surface area (TPSA) is 80.9 Å². The Labute approximate surface area is 169 Å². The number of halogens is 3. The van der Waals surface area contributed by atoms with Crippen LogP contribution in [0.25, 0.3) is 0 Å². The number of benzene rings is 2. The second-order valence-corrected chi connectivity index (χ2v) is 6.33. The number of carbonyl (C=O) groups is 1. The van der Waals surface area contributed by atoms with E-state index in [1.807, 2.05) is 0 Å². The molecule has 0 saturated carbocycles. The van der Waals surface area contributed by atoms with Gasteiger partial charge in [-0.15, -0.1) is 0 Å². The minimum Gasteiger partial charge on any atom is -0.481 e. The maximum atomic E-state index is 12.7. The van der Waals surface area contributed by atoms with Gasteiger partial charge in [0.1, 0.15) is 5.75 Å². The molecule has 3 N–H and O–H groups in total. The number of hydrogen-bond acceptors (Lipinski definition) is 5. The fourth-order valence-electron chi connectivity index (χ4n) is 2.36. The first-order valence-electron chi connectivity index (χ1n) is 8.33. The molecule has 2 aromatic carbocycles. The Balaban J connectivity index is 1.49. The quantitative estimate of drug-likeness (QED) is 0.511. The zero-order chi connectivity index (χ0) is 21.0. The van der Waals surface area contributed by atoms with Gasteiger partial charge in [-0.1, -0.05) is 6.07 Å². The molecule has 11 heteroatoms. The summed E-state index contributed by atoms with van der Waals surface area (Å²) in [6.07, 6.45) is -5.57. The van der Waals surface area contributed by atoms with E-state index < -0.39 is 23.8 Å². The van der Waals surface area contributed by atoms with Crippen molar-refractivity contribution >= 4 is 28.9 Å². The van der Waals surface area contributed by atoms with Crippen molar-refractivity contribution in [2.45, 2.75) is 19.2 Å². The smallest absolute Gasteiger partial charge is 0.416 e. The molecule has 29 heavy (non-hydrogen) atoms. The highest BCUT2D eigenvalue weighted by molar-refractivity contribution is 7.80. The van der Waals surface area contributed by atoms with Crippen LogP contribution in [0.4, 0.5) is 18.9 Å². The normalized spacial score (nSPS) is 13.4. The number of ether oxygens (including phenoxy) is 3. The van der Waals surface area contributed by atoms with Gasteiger partial charge in [-0.25, -0.2) is 0 Å². The predicted octanol–water partition coefficient (Wildman–Crippen LogP) is 3.22. The average molecular weight is 427 g/mol. The molecule has 0 spiro atoms. The predicted molar refractivity (Wildman–Crippen MR) is 102 cm³/mol. The first-order chi connectivity index (χ1) is 13.7. The summed E-state index contributed by atoms with van der Waals surface area (Å²) in [6.45, 7) is 1.53. The third kappa shape index (κ3) is 5.41. The van der Waals surface area contributed by atoms with Crippen LogP contribution in [-0.2, 0) is 11.0 Å². The lowest BCUT2D eigenvalue weighted by Crippen LogP contribution is -2.48. The Bertz CT molecular complexity index is 923. The average Bonchev–Trinajstić information content (AvgIpc) is 3.13. The molecule has 1 aliphatic rings. The molecule has 0 saturated heterocycles. The van der Waals surface area contributed by atoms with Crippen LogP contribution < -0.4 is 30.4 Å². The van der Waals surface area contributed by atoms with Gasteiger partial charge in [0.25, 0.3) is 5.91 Å². The highest BCUT2D eigenvalue weighted by Crippen LogP contribution is 2.34. The van der Waals surface area contributed by atoms with Crippen molar-refractivity contribution in [1.29, 1.82) is 0 Å². The third-order valence-electron chi connectivity index (χ3n) is 3.77. The molecule has 1 amide bonds. The number of hydrazine groups is 1. The first-order valence-corrected chi connectivity index (χ1v) is 8.73. The molecule has 1 aliphatic heterocycles. The van der Waals surface area contributed by atoms with Crippen molar-refractivity contribution in [3.05, 3.63) is 48.0 Å². The van der Waals surface area contributed by atoms with Gasteiger partial charge in [-0.3, -0.25) is 15.6 Å². The molecule has 0 radical (unpaired) electrons. The Hall–Kier alpha value is -3.21. The van der Waals surface area contributed by atoms with Crippen LogP contribution in [0.2, 0.25) is 0 Å². The summed E-state index contributed by atoms with van der Waals surface area (Å²) < 4.78 is 54.0. The lowest BCUT2D eigenvalue weighted by molar-refractivity contribution is -0.137. The van der Waals surface area contributed by atoms with Crippen molar-refractivity contribution < 1.29 is 32.2 Å². The van der Waals surface area contributed by atoms with Crippen LogP contribution >= 0.6 is 12.2 Å². The number of thiocarbonyl (C=S) groups is 1. The molecule has 1 atom stereocenters. The summed E-state index contributed by atoms with van der Waals surface area (Å²) in [4.78, 5) is 12.1. The van der Waals surface area contributed by atoms with Crippen LogP contribution in [0.3, 0.4) is 0 Å². The van der Waals surface area contributed by atoms with E-state index in [1.54, 1.807) is 18.2 Å². The fraction of sp³-hybridized carbons (Fsp3) is 0.222. The number of fused-ring (bicyclic) bond motifs is 1. The highest BCUT2D eigenvalue weighted by Gasteiger charge is 2.31. The summed E-state index contributed by atoms with van der Waals surface area (Å²) in [5, 5.41) is 2.93. The van der Waals surface area contributed by atoms with E-state index in [0.29, 0.717) is 17.2 Å². The van der Waals surface area contributed by atoms with E-state index >= 15 is 0 Å². The van der Waals surface area contributed by atoms with Gasteiger partial charge in [0, 0.05) is 11.8 Å². The molecule has 1 heterocycles. The van der Waals surface area contributed by atoms with E-state index in [-0.39, 0.29) is 17.7 Å². The van der Waals surface area contributed by atoms with Crippen LogP contribution in [-0.4, -0.2) is 23.9 Å². The van der Waals surface area contributed by atoms with Gasteiger partial charge in [0.05, 0.1) is 5.56 Å². The molecule has 0 fully saturated rings. The molecular formula is C18H16F3N3O4S. The Kier molecular flexibility index (Phi) is 5.97. The summed E-state index contributed by atoms with van der Waals surface area (Å²) in [7, 11) is 0. The van der Waals surface area contributed by atoms with Crippen molar-refractivity contribution in [1.82, 2.24) is 10.9 Å². The minimum absolute atomic E-state index is 0.0801.